The molecule has 0 spiro atoms. The molecule has 0 atom stereocenters. The monoisotopic (exact) mass is 323 g/mol. The van der Waals surface area contributed by atoms with Crippen LogP contribution in [-0.4, -0.2) is 30.2 Å². The second-order valence-corrected chi connectivity index (χ2v) is 4.91. The maximum Gasteiger partial charge on any atom is 0.387 e. The molecule has 0 saturated heterocycles. The van der Waals surface area contributed by atoms with Gasteiger partial charge in [-0.15, -0.1) is 0 Å². The van der Waals surface area contributed by atoms with Gasteiger partial charge in [-0.05, 0) is 13.0 Å². The number of ether oxygens (including phenoxy) is 2. The van der Waals surface area contributed by atoms with E-state index in [0.717, 1.165) is 11.4 Å². The van der Waals surface area contributed by atoms with Crippen molar-refractivity contribution in [3.05, 3.63) is 47.5 Å². The van der Waals surface area contributed by atoms with Crippen LogP contribution in [0, 0.1) is 6.92 Å². The predicted octanol–water partition coefficient (Wildman–Crippen LogP) is 2.73. The van der Waals surface area contributed by atoms with Gasteiger partial charge in [-0.2, -0.15) is 8.78 Å². The highest BCUT2D eigenvalue weighted by Crippen LogP contribution is 2.32. The van der Waals surface area contributed by atoms with Crippen LogP contribution in [0.4, 0.5) is 8.78 Å². The molecular formula is C16H19F2N3O2. The van der Waals surface area contributed by atoms with Crippen molar-refractivity contribution in [3.8, 4) is 11.5 Å². The molecule has 0 aliphatic rings. The lowest BCUT2D eigenvalue weighted by Crippen LogP contribution is -2.18. The van der Waals surface area contributed by atoms with Crippen LogP contribution in [-0.2, 0) is 13.0 Å². The van der Waals surface area contributed by atoms with E-state index in [1.807, 2.05) is 6.92 Å². The first-order valence-electron chi connectivity index (χ1n) is 7.19. The number of nitrogens with one attached hydrogen (secondary N) is 1. The number of para-hydroxylation sites is 1. The minimum absolute atomic E-state index is 0.0628. The van der Waals surface area contributed by atoms with Gasteiger partial charge in [-0.1, -0.05) is 12.1 Å². The first-order valence-corrected chi connectivity index (χ1v) is 7.19. The third-order valence-corrected chi connectivity index (χ3v) is 3.17. The Bertz CT molecular complexity index is 638. The van der Waals surface area contributed by atoms with Crippen LogP contribution in [0.5, 0.6) is 11.5 Å². The van der Waals surface area contributed by atoms with Gasteiger partial charge in [-0.3, -0.25) is 9.97 Å². The number of halogens is 2. The average Bonchev–Trinajstić information content (AvgIpc) is 2.52. The zero-order chi connectivity index (χ0) is 16.7. The summed E-state index contributed by atoms with van der Waals surface area (Å²) in [7, 11) is 1.42. The maximum atomic E-state index is 12.6. The van der Waals surface area contributed by atoms with Gasteiger partial charge in [0.25, 0.3) is 0 Å². The smallest absolute Gasteiger partial charge is 0.387 e. The van der Waals surface area contributed by atoms with Gasteiger partial charge in [0.05, 0.1) is 18.5 Å². The second-order valence-electron chi connectivity index (χ2n) is 4.91. The van der Waals surface area contributed by atoms with Gasteiger partial charge in [0.1, 0.15) is 0 Å². The third kappa shape index (κ3) is 5.14. The Morgan fingerprint density at radius 2 is 2.09 bits per heavy atom. The van der Waals surface area contributed by atoms with Crippen LogP contribution in [0.1, 0.15) is 17.0 Å². The van der Waals surface area contributed by atoms with Crippen molar-refractivity contribution in [2.75, 3.05) is 13.7 Å². The molecule has 1 heterocycles. The van der Waals surface area contributed by atoms with E-state index in [9.17, 15) is 8.78 Å². The molecule has 0 saturated carbocycles. The first-order chi connectivity index (χ1) is 11.1. The Morgan fingerprint density at radius 3 is 2.78 bits per heavy atom. The van der Waals surface area contributed by atoms with Crippen LogP contribution in [0.25, 0.3) is 0 Å². The highest BCUT2D eigenvalue weighted by Gasteiger charge is 2.14. The molecule has 124 valence electrons. The number of nitrogens with zero attached hydrogens (tertiary/aromatic N) is 2. The molecule has 1 aromatic carbocycles. The van der Waals surface area contributed by atoms with E-state index in [2.05, 4.69) is 20.0 Å². The van der Waals surface area contributed by atoms with E-state index >= 15 is 0 Å². The van der Waals surface area contributed by atoms with Crippen LogP contribution < -0.4 is 14.8 Å². The molecule has 0 radical (unpaired) electrons. The molecule has 5 nitrogen and oxygen atoms in total. The van der Waals surface area contributed by atoms with Crippen LogP contribution >= 0.6 is 0 Å². The summed E-state index contributed by atoms with van der Waals surface area (Å²) in [5.41, 5.74) is 2.36. The number of methoxy groups -OCH3 is 1. The normalized spacial score (nSPS) is 10.8. The average molecular weight is 323 g/mol. The lowest BCUT2D eigenvalue weighted by atomic mass is 10.2. The number of aromatic nitrogens is 2. The van der Waals surface area contributed by atoms with Crippen molar-refractivity contribution < 1.29 is 18.3 Å². The largest absolute Gasteiger partial charge is 0.493 e. The number of hydrogen-bond acceptors (Lipinski definition) is 5. The SMILES string of the molecule is COc1cccc(CNCCc2cncc(C)n2)c1OC(F)F. The number of alkyl halides is 2. The number of aryl methyl sites for hydroxylation is 1. The van der Waals surface area contributed by atoms with Crippen LogP contribution in [0.15, 0.2) is 30.6 Å². The fourth-order valence-corrected chi connectivity index (χ4v) is 2.16. The molecule has 7 heteroatoms. The number of rotatable bonds is 8. The molecule has 0 bridgehead atoms. The topological polar surface area (TPSA) is 56.3 Å². The van der Waals surface area contributed by atoms with Gasteiger partial charge >= 0.3 is 6.61 Å². The highest BCUT2D eigenvalue weighted by molar-refractivity contribution is 5.46. The lowest BCUT2D eigenvalue weighted by Gasteiger charge is -2.14. The molecule has 0 fully saturated rings. The molecule has 1 aromatic heterocycles. The van der Waals surface area contributed by atoms with E-state index in [1.54, 1.807) is 30.6 Å². The van der Waals surface area contributed by atoms with E-state index in [4.69, 9.17) is 4.74 Å². The quantitative estimate of drug-likeness (QED) is 0.757. The summed E-state index contributed by atoms with van der Waals surface area (Å²) in [4.78, 5) is 8.44. The third-order valence-electron chi connectivity index (χ3n) is 3.17. The summed E-state index contributed by atoms with van der Waals surface area (Å²) >= 11 is 0. The van der Waals surface area contributed by atoms with Crippen LogP contribution in [0.3, 0.4) is 0 Å². The zero-order valence-electron chi connectivity index (χ0n) is 13.1. The molecule has 2 rings (SSSR count). The van der Waals surface area contributed by atoms with Crippen molar-refractivity contribution in [2.45, 2.75) is 26.5 Å². The second kappa shape index (κ2) is 8.38. The number of hydrogen-bond donors (Lipinski definition) is 1. The molecule has 2 aromatic rings. The summed E-state index contributed by atoms with van der Waals surface area (Å²) < 4.78 is 34.8. The Morgan fingerprint density at radius 1 is 1.26 bits per heavy atom. The van der Waals surface area contributed by atoms with E-state index in [1.165, 1.54) is 7.11 Å². The Balaban J connectivity index is 1.94. The highest BCUT2D eigenvalue weighted by atomic mass is 19.3. The maximum absolute atomic E-state index is 12.6. The fourth-order valence-electron chi connectivity index (χ4n) is 2.16. The van der Waals surface area contributed by atoms with E-state index < -0.39 is 6.61 Å². The minimum Gasteiger partial charge on any atom is -0.493 e. The van der Waals surface area contributed by atoms with E-state index in [-0.39, 0.29) is 11.5 Å². The molecule has 0 unspecified atom stereocenters. The molecule has 0 amide bonds. The Labute approximate surface area is 133 Å². The Hall–Kier alpha value is -2.28. The molecule has 0 aliphatic heterocycles. The van der Waals surface area contributed by atoms with Gasteiger partial charge in [0, 0.05) is 37.5 Å². The first kappa shape index (κ1) is 17.1. The van der Waals surface area contributed by atoms with Crippen molar-refractivity contribution in [1.29, 1.82) is 0 Å². The Kier molecular flexibility index (Phi) is 6.22. The summed E-state index contributed by atoms with van der Waals surface area (Å²) in [5.74, 6) is 0.349. The lowest BCUT2D eigenvalue weighted by molar-refractivity contribution is -0.0518. The van der Waals surface area contributed by atoms with Crippen LogP contribution in [0.2, 0.25) is 0 Å². The summed E-state index contributed by atoms with van der Waals surface area (Å²) in [6, 6.07) is 5.05. The molecule has 1 N–H and O–H groups in total. The zero-order valence-corrected chi connectivity index (χ0v) is 13.1. The minimum atomic E-state index is -2.90. The van der Waals surface area contributed by atoms with Gasteiger partial charge in [0.15, 0.2) is 11.5 Å². The predicted molar refractivity (Wildman–Crippen MR) is 81.8 cm³/mol. The van der Waals surface area contributed by atoms with Gasteiger partial charge in [0.2, 0.25) is 0 Å². The van der Waals surface area contributed by atoms with E-state index in [0.29, 0.717) is 25.1 Å². The summed E-state index contributed by atoms with van der Waals surface area (Å²) in [6.07, 6.45) is 4.11. The van der Waals surface area contributed by atoms with Gasteiger partial charge < -0.3 is 14.8 Å². The fraction of sp³-hybridized carbons (Fsp3) is 0.375. The summed E-state index contributed by atoms with van der Waals surface area (Å²) in [6.45, 7) is 0.0171. The molecule has 23 heavy (non-hydrogen) atoms. The van der Waals surface area contributed by atoms with Crippen molar-refractivity contribution in [3.63, 3.8) is 0 Å². The number of benzene rings is 1. The summed E-state index contributed by atoms with van der Waals surface area (Å²) in [5, 5.41) is 3.19. The van der Waals surface area contributed by atoms with Gasteiger partial charge in [-0.25, -0.2) is 0 Å². The molecular weight excluding hydrogens is 304 g/mol. The van der Waals surface area contributed by atoms with Crippen molar-refractivity contribution >= 4 is 0 Å². The molecule has 0 aliphatic carbocycles. The standard InChI is InChI=1S/C16H19F2N3O2/c1-11-8-20-10-13(21-11)6-7-19-9-12-4-3-5-14(22-2)15(12)23-16(17)18/h3-5,8,10,16,19H,6-7,9H2,1-2H3. The van der Waals surface area contributed by atoms with Crippen molar-refractivity contribution in [2.24, 2.45) is 0 Å². The van der Waals surface area contributed by atoms with Crippen molar-refractivity contribution in [1.82, 2.24) is 15.3 Å².